The second-order valence-corrected chi connectivity index (χ2v) is 4.46. The van der Waals surface area contributed by atoms with Gasteiger partial charge in [-0.25, -0.2) is 0 Å². The molecule has 92 valence electrons. The minimum Gasteiger partial charge on any atom is -0.392 e. The van der Waals surface area contributed by atoms with Crippen LogP contribution in [0.2, 0.25) is 0 Å². The zero-order chi connectivity index (χ0) is 12.3. The van der Waals surface area contributed by atoms with Gasteiger partial charge in [-0.2, -0.15) is 0 Å². The summed E-state index contributed by atoms with van der Waals surface area (Å²) >= 11 is 0. The van der Waals surface area contributed by atoms with Crippen LogP contribution >= 0.6 is 0 Å². The summed E-state index contributed by atoms with van der Waals surface area (Å²) in [5.74, 6) is -0.0618. The van der Waals surface area contributed by atoms with E-state index in [-0.39, 0.29) is 12.0 Å². The molecule has 1 heterocycles. The molecule has 4 heteroatoms. The summed E-state index contributed by atoms with van der Waals surface area (Å²) < 4.78 is 0. The van der Waals surface area contributed by atoms with Crippen LogP contribution in [-0.2, 0) is 6.54 Å². The van der Waals surface area contributed by atoms with Crippen LogP contribution in [0.15, 0.2) is 24.3 Å². The first-order valence-corrected chi connectivity index (χ1v) is 5.90. The number of aliphatic hydroxyl groups excluding tert-OH is 1. The smallest absolute Gasteiger partial charge is 0.251 e. The molecule has 1 atom stereocenters. The van der Waals surface area contributed by atoms with E-state index in [0.717, 1.165) is 31.6 Å². The van der Waals surface area contributed by atoms with E-state index < -0.39 is 0 Å². The molecule has 2 N–H and O–H groups in total. The van der Waals surface area contributed by atoms with Gasteiger partial charge in [-0.3, -0.25) is 9.69 Å². The van der Waals surface area contributed by atoms with Gasteiger partial charge in [0.15, 0.2) is 0 Å². The number of hydrogen-bond donors (Lipinski definition) is 2. The Morgan fingerprint density at radius 1 is 1.59 bits per heavy atom. The molecular weight excluding hydrogens is 216 g/mol. The number of β-amino-alcohol motifs (C(OH)–C–C–N with tert-alkyl or cyclic N) is 1. The Morgan fingerprint density at radius 2 is 2.41 bits per heavy atom. The first kappa shape index (κ1) is 12.1. The summed E-state index contributed by atoms with van der Waals surface area (Å²) in [4.78, 5) is 13.7. The molecule has 1 fully saturated rings. The number of hydrogen-bond acceptors (Lipinski definition) is 3. The predicted molar refractivity (Wildman–Crippen MR) is 65.7 cm³/mol. The Balaban J connectivity index is 2.03. The van der Waals surface area contributed by atoms with Gasteiger partial charge in [-0.1, -0.05) is 12.1 Å². The third kappa shape index (κ3) is 3.05. The molecule has 1 aliphatic rings. The minimum absolute atomic E-state index is 0.0618. The van der Waals surface area contributed by atoms with Crippen LogP contribution in [0.25, 0.3) is 0 Å². The first-order chi connectivity index (χ1) is 8.19. The van der Waals surface area contributed by atoms with Crippen LogP contribution in [0.5, 0.6) is 0 Å². The van der Waals surface area contributed by atoms with Gasteiger partial charge < -0.3 is 10.4 Å². The SMILES string of the molecule is CNC(=O)c1cccc(CN2CC[C@H](O)C2)c1. The van der Waals surface area contributed by atoms with Crippen LogP contribution in [0, 0.1) is 0 Å². The van der Waals surface area contributed by atoms with Crippen molar-refractivity contribution in [3.05, 3.63) is 35.4 Å². The molecule has 1 saturated heterocycles. The van der Waals surface area contributed by atoms with Crippen molar-refractivity contribution in [1.29, 1.82) is 0 Å². The number of nitrogens with zero attached hydrogens (tertiary/aromatic N) is 1. The summed E-state index contributed by atoms with van der Waals surface area (Å²) in [5.41, 5.74) is 1.80. The van der Waals surface area contributed by atoms with E-state index in [2.05, 4.69) is 10.2 Å². The summed E-state index contributed by atoms with van der Waals surface area (Å²) in [5, 5.41) is 12.1. The highest BCUT2D eigenvalue weighted by atomic mass is 16.3. The predicted octanol–water partition coefficient (Wildman–Crippen LogP) is 0.613. The molecular formula is C13H18N2O2. The van der Waals surface area contributed by atoms with Crippen LogP contribution < -0.4 is 5.32 Å². The number of likely N-dealkylation sites (tertiary alicyclic amines) is 1. The third-order valence-electron chi connectivity index (χ3n) is 3.07. The normalized spacial score (nSPS) is 20.5. The van der Waals surface area contributed by atoms with Crippen molar-refractivity contribution < 1.29 is 9.90 Å². The number of nitrogens with one attached hydrogen (secondary N) is 1. The monoisotopic (exact) mass is 234 g/mol. The van der Waals surface area contributed by atoms with E-state index >= 15 is 0 Å². The van der Waals surface area contributed by atoms with Crippen LogP contribution in [0.4, 0.5) is 0 Å². The molecule has 0 spiro atoms. The van der Waals surface area contributed by atoms with Gasteiger partial charge in [0, 0.05) is 32.2 Å². The van der Waals surface area contributed by atoms with Gasteiger partial charge in [0.25, 0.3) is 5.91 Å². The molecule has 17 heavy (non-hydrogen) atoms. The van der Waals surface area contributed by atoms with E-state index in [1.54, 1.807) is 13.1 Å². The Morgan fingerprint density at radius 3 is 3.06 bits per heavy atom. The molecule has 1 amide bonds. The van der Waals surface area contributed by atoms with Crippen molar-refractivity contribution >= 4 is 5.91 Å². The van der Waals surface area contributed by atoms with E-state index in [1.807, 2.05) is 18.2 Å². The van der Waals surface area contributed by atoms with Gasteiger partial charge in [0.05, 0.1) is 6.10 Å². The first-order valence-electron chi connectivity index (χ1n) is 5.90. The maximum absolute atomic E-state index is 11.5. The molecule has 0 bridgehead atoms. The highest BCUT2D eigenvalue weighted by molar-refractivity contribution is 5.94. The van der Waals surface area contributed by atoms with Gasteiger partial charge in [0.2, 0.25) is 0 Å². The van der Waals surface area contributed by atoms with E-state index in [4.69, 9.17) is 0 Å². The largest absolute Gasteiger partial charge is 0.392 e. The lowest BCUT2D eigenvalue weighted by molar-refractivity contribution is 0.0963. The molecule has 0 saturated carbocycles. The van der Waals surface area contributed by atoms with Crippen molar-refractivity contribution in [2.24, 2.45) is 0 Å². The quantitative estimate of drug-likeness (QED) is 0.806. The van der Waals surface area contributed by atoms with Gasteiger partial charge in [-0.15, -0.1) is 0 Å². The Labute approximate surface area is 101 Å². The standard InChI is InChI=1S/C13H18N2O2/c1-14-13(17)11-4-2-3-10(7-11)8-15-6-5-12(16)9-15/h2-4,7,12,16H,5-6,8-9H2,1H3,(H,14,17)/t12-/m0/s1. The van der Waals surface area contributed by atoms with Gasteiger partial charge >= 0.3 is 0 Å². The second kappa shape index (κ2) is 5.29. The number of rotatable bonds is 3. The lowest BCUT2D eigenvalue weighted by Crippen LogP contribution is -2.22. The summed E-state index contributed by atoms with van der Waals surface area (Å²) in [6.07, 6.45) is 0.645. The highest BCUT2D eigenvalue weighted by Gasteiger charge is 2.20. The van der Waals surface area contributed by atoms with E-state index in [0.29, 0.717) is 5.56 Å². The molecule has 1 aromatic rings. The van der Waals surface area contributed by atoms with Crippen LogP contribution in [0.1, 0.15) is 22.3 Å². The lowest BCUT2D eigenvalue weighted by atomic mass is 10.1. The average Bonchev–Trinajstić information content (AvgIpc) is 2.74. The summed E-state index contributed by atoms with van der Waals surface area (Å²) in [7, 11) is 1.63. The number of amides is 1. The van der Waals surface area contributed by atoms with Crippen molar-refractivity contribution in [2.75, 3.05) is 20.1 Å². The molecule has 1 aliphatic heterocycles. The van der Waals surface area contributed by atoms with Gasteiger partial charge in [-0.05, 0) is 24.1 Å². The fraction of sp³-hybridized carbons (Fsp3) is 0.462. The number of carbonyl (C=O) groups excluding carboxylic acids is 1. The van der Waals surface area contributed by atoms with Crippen LogP contribution in [0.3, 0.4) is 0 Å². The average molecular weight is 234 g/mol. The summed E-state index contributed by atoms with van der Waals surface area (Å²) in [6, 6.07) is 7.62. The highest BCUT2D eigenvalue weighted by Crippen LogP contribution is 2.14. The van der Waals surface area contributed by atoms with Crippen molar-refractivity contribution in [3.8, 4) is 0 Å². The van der Waals surface area contributed by atoms with Gasteiger partial charge in [0.1, 0.15) is 0 Å². The number of aliphatic hydroxyl groups is 1. The third-order valence-corrected chi connectivity index (χ3v) is 3.07. The van der Waals surface area contributed by atoms with Crippen molar-refractivity contribution in [2.45, 2.75) is 19.1 Å². The Hall–Kier alpha value is -1.39. The zero-order valence-corrected chi connectivity index (χ0v) is 10.0. The minimum atomic E-state index is -0.197. The molecule has 2 rings (SSSR count). The maximum atomic E-state index is 11.5. The lowest BCUT2D eigenvalue weighted by Gasteiger charge is -2.15. The number of carbonyl (C=O) groups is 1. The molecule has 4 nitrogen and oxygen atoms in total. The Kier molecular flexibility index (Phi) is 3.76. The summed E-state index contributed by atoms with van der Waals surface area (Å²) in [6.45, 7) is 2.44. The topological polar surface area (TPSA) is 52.6 Å². The van der Waals surface area contributed by atoms with E-state index in [9.17, 15) is 9.90 Å². The van der Waals surface area contributed by atoms with Crippen molar-refractivity contribution in [3.63, 3.8) is 0 Å². The molecule has 0 aliphatic carbocycles. The fourth-order valence-corrected chi connectivity index (χ4v) is 2.17. The fourth-order valence-electron chi connectivity index (χ4n) is 2.17. The molecule has 0 aromatic heterocycles. The van der Waals surface area contributed by atoms with Crippen LogP contribution in [-0.4, -0.2) is 42.2 Å². The molecule has 0 unspecified atom stereocenters. The molecule has 0 radical (unpaired) electrons. The number of benzene rings is 1. The molecule has 1 aromatic carbocycles. The van der Waals surface area contributed by atoms with E-state index in [1.165, 1.54) is 0 Å². The Bertz CT molecular complexity index is 406. The maximum Gasteiger partial charge on any atom is 0.251 e. The van der Waals surface area contributed by atoms with Crippen molar-refractivity contribution in [1.82, 2.24) is 10.2 Å². The second-order valence-electron chi connectivity index (χ2n) is 4.46. The zero-order valence-electron chi connectivity index (χ0n) is 10.0.